The van der Waals surface area contributed by atoms with Gasteiger partial charge in [-0.05, 0) is 19.8 Å². The lowest BCUT2D eigenvalue weighted by molar-refractivity contribution is 0.335. The summed E-state index contributed by atoms with van der Waals surface area (Å²) in [5.74, 6) is 0.0177. The highest BCUT2D eigenvalue weighted by molar-refractivity contribution is 6.48. The SMILES string of the molecule is CC(Cl)(Cl)CCC(F)CCl. The van der Waals surface area contributed by atoms with E-state index in [1.165, 1.54) is 0 Å². The van der Waals surface area contributed by atoms with Gasteiger partial charge in [0, 0.05) is 0 Å². The molecule has 0 rings (SSSR count). The van der Waals surface area contributed by atoms with E-state index in [-0.39, 0.29) is 5.88 Å². The molecule has 0 spiro atoms. The number of hydrogen-bond acceptors (Lipinski definition) is 0. The largest absolute Gasteiger partial charge is 0.246 e. The lowest BCUT2D eigenvalue weighted by Crippen LogP contribution is -2.11. The molecular weight excluding hydrogens is 197 g/mol. The molecule has 0 fully saturated rings. The van der Waals surface area contributed by atoms with Crippen LogP contribution in [0.25, 0.3) is 0 Å². The summed E-state index contributed by atoms with van der Waals surface area (Å²) >= 11 is 16.4. The second-order valence-electron chi connectivity index (χ2n) is 2.36. The third-order valence-corrected chi connectivity index (χ3v) is 1.78. The van der Waals surface area contributed by atoms with E-state index in [0.717, 1.165) is 0 Å². The first kappa shape index (κ1) is 10.8. The molecule has 10 heavy (non-hydrogen) atoms. The van der Waals surface area contributed by atoms with Gasteiger partial charge in [0.05, 0.1) is 5.88 Å². The summed E-state index contributed by atoms with van der Waals surface area (Å²) in [6.07, 6.45) is -0.227. The van der Waals surface area contributed by atoms with E-state index in [4.69, 9.17) is 34.8 Å². The van der Waals surface area contributed by atoms with Crippen molar-refractivity contribution in [3.8, 4) is 0 Å². The minimum Gasteiger partial charge on any atom is -0.246 e. The zero-order valence-corrected chi connectivity index (χ0v) is 7.98. The van der Waals surface area contributed by atoms with Gasteiger partial charge in [-0.3, -0.25) is 0 Å². The van der Waals surface area contributed by atoms with Crippen molar-refractivity contribution in [1.82, 2.24) is 0 Å². The molecule has 0 saturated heterocycles. The molecular formula is C6H10Cl3F. The first-order chi connectivity index (χ1) is 4.45. The Balaban J connectivity index is 3.36. The van der Waals surface area contributed by atoms with E-state index in [2.05, 4.69) is 0 Å². The second-order valence-corrected chi connectivity index (χ2v) is 4.53. The Hall–Kier alpha value is 0.800. The fraction of sp³-hybridized carbons (Fsp3) is 1.00. The third kappa shape index (κ3) is 6.91. The van der Waals surface area contributed by atoms with E-state index < -0.39 is 10.5 Å². The van der Waals surface area contributed by atoms with Crippen LogP contribution in [-0.2, 0) is 0 Å². The van der Waals surface area contributed by atoms with Crippen LogP contribution in [0.4, 0.5) is 4.39 Å². The van der Waals surface area contributed by atoms with Crippen molar-refractivity contribution >= 4 is 34.8 Å². The number of alkyl halides is 4. The van der Waals surface area contributed by atoms with Crippen LogP contribution in [0.2, 0.25) is 0 Å². The zero-order chi connectivity index (χ0) is 8.20. The highest BCUT2D eigenvalue weighted by Gasteiger charge is 2.18. The quantitative estimate of drug-likeness (QED) is 0.619. The Kier molecular flexibility index (Phi) is 5.00. The first-order valence-corrected chi connectivity index (χ1v) is 4.32. The molecule has 0 aromatic heterocycles. The van der Waals surface area contributed by atoms with Crippen LogP contribution in [0, 0.1) is 0 Å². The maximum atomic E-state index is 12.4. The molecule has 0 amide bonds. The summed E-state index contributed by atoms with van der Waals surface area (Å²) in [6, 6.07) is 0. The van der Waals surface area contributed by atoms with Crippen LogP contribution in [0.5, 0.6) is 0 Å². The predicted octanol–water partition coefficient (Wildman–Crippen LogP) is 3.54. The Morgan fingerprint density at radius 1 is 1.50 bits per heavy atom. The monoisotopic (exact) mass is 206 g/mol. The van der Waals surface area contributed by atoms with Crippen molar-refractivity contribution < 1.29 is 4.39 Å². The van der Waals surface area contributed by atoms with E-state index in [1.807, 2.05) is 0 Å². The molecule has 1 atom stereocenters. The Labute approximate surface area is 75.6 Å². The van der Waals surface area contributed by atoms with Crippen LogP contribution >= 0.6 is 34.8 Å². The third-order valence-electron chi connectivity index (χ3n) is 1.06. The van der Waals surface area contributed by atoms with Crippen LogP contribution < -0.4 is 0 Å². The van der Waals surface area contributed by atoms with E-state index in [9.17, 15) is 4.39 Å². The van der Waals surface area contributed by atoms with Gasteiger partial charge in [-0.2, -0.15) is 0 Å². The Morgan fingerprint density at radius 3 is 2.30 bits per heavy atom. The fourth-order valence-electron chi connectivity index (χ4n) is 0.487. The summed E-state index contributed by atoms with van der Waals surface area (Å²) in [6.45, 7) is 1.64. The molecule has 0 aromatic rings. The first-order valence-electron chi connectivity index (χ1n) is 3.03. The minimum absolute atomic E-state index is 0.0177. The van der Waals surface area contributed by atoms with Crippen molar-refractivity contribution in [2.75, 3.05) is 5.88 Å². The van der Waals surface area contributed by atoms with Crippen molar-refractivity contribution in [1.29, 1.82) is 0 Å². The van der Waals surface area contributed by atoms with E-state index >= 15 is 0 Å². The lowest BCUT2D eigenvalue weighted by Gasteiger charge is -2.13. The van der Waals surface area contributed by atoms with E-state index in [1.54, 1.807) is 6.92 Å². The summed E-state index contributed by atoms with van der Waals surface area (Å²) in [5, 5.41) is 0. The maximum Gasteiger partial charge on any atom is 0.115 e. The van der Waals surface area contributed by atoms with Crippen molar-refractivity contribution in [3.05, 3.63) is 0 Å². The zero-order valence-electron chi connectivity index (χ0n) is 5.71. The van der Waals surface area contributed by atoms with Crippen molar-refractivity contribution in [2.24, 2.45) is 0 Å². The summed E-state index contributed by atoms with van der Waals surface area (Å²) in [4.78, 5) is 0. The number of hydrogen-bond donors (Lipinski definition) is 0. The van der Waals surface area contributed by atoms with Gasteiger partial charge >= 0.3 is 0 Å². The fourth-order valence-corrected chi connectivity index (χ4v) is 0.860. The standard InChI is InChI=1S/C6H10Cl3F/c1-6(8,9)3-2-5(10)4-7/h5H,2-4H2,1H3. The molecule has 0 aliphatic rings. The number of halogens is 4. The van der Waals surface area contributed by atoms with Crippen LogP contribution in [0.1, 0.15) is 19.8 Å². The highest BCUT2D eigenvalue weighted by atomic mass is 35.5. The van der Waals surface area contributed by atoms with Gasteiger partial charge in [0.2, 0.25) is 0 Å². The molecule has 1 unspecified atom stereocenters. The maximum absolute atomic E-state index is 12.4. The van der Waals surface area contributed by atoms with Gasteiger partial charge in [0.25, 0.3) is 0 Å². The summed E-state index contributed by atoms with van der Waals surface area (Å²) < 4.78 is 11.6. The molecule has 4 heteroatoms. The van der Waals surface area contributed by atoms with Gasteiger partial charge in [0.1, 0.15) is 10.5 Å². The molecule has 0 nitrogen and oxygen atoms in total. The molecule has 0 aliphatic heterocycles. The molecule has 0 radical (unpaired) electrons. The van der Waals surface area contributed by atoms with Gasteiger partial charge in [-0.1, -0.05) is 0 Å². The topological polar surface area (TPSA) is 0 Å². The molecule has 0 aromatic carbocycles. The van der Waals surface area contributed by atoms with Gasteiger partial charge in [0.15, 0.2) is 0 Å². The second kappa shape index (κ2) is 4.63. The minimum atomic E-state index is -0.988. The van der Waals surface area contributed by atoms with Crippen LogP contribution in [0.3, 0.4) is 0 Å². The van der Waals surface area contributed by atoms with Gasteiger partial charge in [-0.15, -0.1) is 34.8 Å². The molecule has 0 aliphatic carbocycles. The lowest BCUT2D eigenvalue weighted by atomic mass is 10.2. The molecule has 0 saturated carbocycles. The molecule has 0 N–H and O–H groups in total. The van der Waals surface area contributed by atoms with Crippen molar-refractivity contribution in [3.63, 3.8) is 0 Å². The summed E-state index contributed by atoms with van der Waals surface area (Å²) in [5.41, 5.74) is 0. The summed E-state index contributed by atoms with van der Waals surface area (Å²) in [7, 11) is 0. The average Bonchev–Trinajstić information content (AvgIpc) is 1.81. The highest BCUT2D eigenvalue weighted by Crippen LogP contribution is 2.26. The Morgan fingerprint density at radius 2 is 2.00 bits per heavy atom. The predicted molar refractivity (Wildman–Crippen MR) is 45.0 cm³/mol. The molecule has 0 heterocycles. The van der Waals surface area contributed by atoms with Gasteiger partial charge < -0.3 is 0 Å². The van der Waals surface area contributed by atoms with Crippen molar-refractivity contribution in [2.45, 2.75) is 30.3 Å². The number of rotatable bonds is 4. The van der Waals surface area contributed by atoms with Crippen LogP contribution in [-0.4, -0.2) is 16.4 Å². The molecule has 62 valence electrons. The van der Waals surface area contributed by atoms with Gasteiger partial charge in [-0.25, -0.2) is 4.39 Å². The average molecular weight is 208 g/mol. The molecule has 0 bridgehead atoms. The smallest absolute Gasteiger partial charge is 0.115 e. The van der Waals surface area contributed by atoms with E-state index in [0.29, 0.717) is 12.8 Å². The Bertz CT molecular complexity index is 89.5. The normalized spacial score (nSPS) is 15.3. The van der Waals surface area contributed by atoms with Crippen LogP contribution in [0.15, 0.2) is 0 Å².